The smallest absolute Gasteiger partial charge is 0.258 e. The third-order valence-corrected chi connectivity index (χ3v) is 4.10. The number of nitrogens with one attached hydrogen (secondary N) is 1. The minimum absolute atomic E-state index is 0.0409. The number of sulfone groups is 1. The molecule has 110 valence electrons. The summed E-state index contributed by atoms with van der Waals surface area (Å²) < 4.78 is 36.9. The van der Waals surface area contributed by atoms with Gasteiger partial charge in [-0.05, 0) is 30.3 Å². The van der Waals surface area contributed by atoms with Crippen LogP contribution in [0.2, 0.25) is 5.02 Å². The predicted molar refractivity (Wildman–Crippen MR) is 78.9 cm³/mol. The molecule has 0 atom stereocenters. The number of carbonyl (C=O) groups excluding carboxylic acids is 1. The van der Waals surface area contributed by atoms with Crippen LogP contribution in [0.25, 0.3) is 0 Å². The molecule has 0 aromatic heterocycles. The van der Waals surface area contributed by atoms with Crippen LogP contribution in [0.5, 0.6) is 0 Å². The first-order valence-corrected chi connectivity index (χ1v) is 8.11. The molecule has 1 N–H and O–H groups in total. The Kier molecular flexibility index (Phi) is 4.29. The van der Waals surface area contributed by atoms with Gasteiger partial charge < -0.3 is 5.32 Å². The van der Waals surface area contributed by atoms with E-state index < -0.39 is 21.6 Å². The van der Waals surface area contributed by atoms with E-state index in [4.69, 9.17) is 11.6 Å². The van der Waals surface area contributed by atoms with Gasteiger partial charge in [-0.1, -0.05) is 23.7 Å². The lowest BCUT2D eigenvalue weighted by molar-refractivity contribution is 0.102. The average Bonchev–Trinajstić information content (AvgIpc) is 2.41. The fourth-order valence-corrected chi connectivity index (χ4v) is 2.77. The van der Waals surface area contributed by atoms with E-state index in [9.17, 15) is 17.6 Å². The van der Waals surface area contributed by atoms with Crippen LogP contribution >= 0.6 is 11.6 Å². The zero-order chi connectivity index (χ0) is 15.6. The van der Waals surface area contributed by atoms with Crippen molar-refractivity contribution in [3.8, 4) is 0 Å². The highest BCUT2D eigenvalue weighted by Gasteiger charge is 2.17. The Labute approximate surface area is 126 Å². The SMILES string of the molecule is CS(=O)(=O)c1ccccc1NC(=O)c1cc(Cl)ccc1F. The largest absolute Gasteiger partial charge is 0.321 e. The van der Waals surface area contributed by atoms with Crippen LogP contribution in [0, 0.1) is 5.82 Å². The first kappa shape index (κ1) is 15.5. The quantitative estimate of drug-likeness (QED) is 0.942. The predicted octanol–water partition coefficient (Wildman–Crippen LogP) is 3.13. The monoisotopic (exact) mass is 327 g/mol. The van der Waals surface area contributed by atoms with E-state index in [2.05, 4.69) is 5.32 Å². The topological polar surface area (TPSA) is 63.2 Å². The number of amides is 1. The van der Waals surface area contributed by atoms with Crippen molar-refractivity contribution >= 4 is 33.0 Å². The molecule has 2 aromatic carbocycles. The van der Waals surface area contributed by atoms with Gasteiger partial charge in [0.05, 0.1) is 16.1 Å². The highest BCUT2D eigenvalue weighted by atomic mass is 35.5. The number of rotatable bonds is 3. The van der Waals surface area contributed by atoms with Gasteiger partial charge in [-0.3, -0.25) is 4.79 Å². The van der Waals surface area contributed by atoms with E-state index in [1.165, 1.54) is 30.3 Å². The Morgan fingerprint density at radius 3 is 2.52 bits per heavy atom. The second kappa shape index (κ2) is 5.83. The minimum Gasteiger partial charge on any atom is -0.321 e. The summed E-state index contributed by atoms with van der Waals surface area (Å²) in [6, 6.07) is 9.45. The van der Waals surface area contributed by atoms with E-state index in [0.717, 1.165) is 12.3 Å². The summed E-state index contributed by atoms with van der Waals surface area (Å²) in [5.74, 6) is -1.51. The number of hydrogen-bond acceptors (Lipinski definition) is 3. The summed E-state index contributed by atoms with van der Waals surface area (Å²) in [5, 5.41) is 2.59. The standard InChI is InChI=1S/C14H11ClFNO3S/c1-21(19,20)13-5-3-2-4-12(13)17-14(18)10-8-9(15)6-7-11(10)16/h2-8H,1H3,(H,17,18). The van der Waals surface area contributed by atoms with Gasteiger partial charge in [-0.15, -0.1) is 0 Å². The minimum atomic E-state index is -3.51. The van der Waals surface area contributed by atoms with Crippen molar-refractivity contribution in [2.24, 2.45) is 0 Å². The molecule has 0 saturated heterocycles. The summed E-state index contributed by atoms with van der Waals surface area (Å²) in [7, 11) is -3.51. The number of benzene rings is 2. The van der Waals surface area contributed by atoms with E-state index >= 15 is 0 Å². The molecule has 2 rings (SSSR count). The second-order valence-corrected chi connectivity index (χ2v) is 6.77. The normalized spacial score (nSPS) is 11.2. The van der Waals surface area contributed by atoms with Crippen LogP contribution in [0.15, 0.2) is 47.4 Å². The Balaban J connectivity index is 2.39. The van der Waals surface area contributed by atoms with Gasteiger partial charge in [-0.25, -0.2) is 12.8 Å². The van der Waals surface area contributed by atoms with E-state index in [1.54, 1.807) is 6.07 Å². The van der Waals surface area contributed by atoms with Crippen LogP contribution in [0.1, 0.15) is 10.4 Å². The molecule has 1 amide bonds. The highest BCUT2D eigenvalue weighted by molar-refractivity contribution is 7.90. The summed E-state index contributed by atoms with van der Waals surface area (Å²) >= 11 is 5.73. The molecular formula is C14H11ClFNO3S. The van der Waals surface area contributed by atoms with E-state index in [0.29, 0.717) is 0 Å². The zero-order valence-corrected chi connectivity index (χ0v) is 12.5. The molecule has 0 bridgehead atoms. The van der Waals surface area contributed by atoms with Gasteiger partial charge in [0.15, 0.2) is 9.84 Å². The first-order chi connectivity index (χ1) is 9.79. The maximum Gasteiger partial charge on any atom is 0.258 e. The summed E-state index contributed by atoms with van der Waals surface area (Å²) in [4.78, 5) is 12.0. The van der Waals surface area contributed by atoms with Crippen molar-refractivity contribution in [1.29, 1.82) is 0 Å². The lowest BCUT2D eigenvalue weighted by Crippen LogP contribution is -2.16. The van der Waals surface area contributed by atoms with Gasteiger partial charge in [0.25, 0.3) is 5.91 Å². The molecule has 0 aliphatic heterocycles. The molecule has 4 nitrogen and oxygen atoms in total. The molecule has 0 spiro atoms. The average molecular weight is 328 g/mol. The van der Waals surface area contributed by atoms with Crippen molar-refractivity contribution in [3.05, 3.63) is 58.9 Å². The first-order valence-electron chi connectivity index (χ1n) is 5.84. The van der Waals surface area contributed by atoms with Gasteiger partial charge in [0.2, 0.25) is 0 Å². The Hall–Kier alpha value is -1.92. The van der Waals surface area contributed by atoms with Crippen molar-refractivity contribution in [2.45, 2.75) is 4.90 Å². The van der Waals surface area contributed by atoms with E-state index in [1.807, 2.05) is 0 Å². The molecule has 0 unspecified atom stereocenters. The number of halogens is 2. The maximum atomic E-state index is 13.6. The summed E-state index contributed by atoms with van der Waals surface area (Å²) in [5.41, 5.74) is -0.171. The molecule has 0 radical (unpaired) electrons. The molecule has 21 heavy (non-hydrogen) atoms. The van der Waals surface area contributed by atoms with Crippen LogP contribution in [0.4, 0.5) is 10.1 Å². The fraction of sp³-hybridized carbons (Fsp3) is 0.0714. The number of carbonyl (C=O) groups is 1. The van der Waals surface area contributed by atoms with Gasteiger partial charge in [0, 0.05) is 11.3 Å². The fourth-order valence-electron chi connectivity index (χ4n) is 1.75. The molecule has 0 heterocycles. The van der Waals surface area contributed by atoms with Gasteiger partial charge >= 0.3 is 0 Å². The third-order valence-electron chi connectivity index (χ3n) is 2.71. The van der Waals surface area contributed by atoms with Crippen molar-refractivity contribution in [2.75, 3.05) is 11.6 Å². The zero-order valence-electron chi connectivity index (χ0n) is 10.9. The molecule has 2 aromatic rings. The number of hydrogen-bond donors (Lipinski definition) is 1. The van der Waals surface area contributed by atoms with Crippen LogP contribution in [-0.4, -0.2) is 20.6 Å². The van der Waals surface area contributed by atoms with Crippen molar-refractivity contribution in [1.82, 2.24) is 0 Å². The molecule has 0 fully saturated rings. The van der Waals surface area contributed by atoms with Crippen LogP contribution < -0.4 is 5.32 Å². The lowest BCUT2D eigenvalue weighted by atomic mass is 10.2. The molecular weight excluding hydrogens is 317 g/mol. The molecule has 0 aliphatic rings. The Morgan fingerprint density at radius 1 is 1.19 bits per heavy atom. The summed E-state index contributed by atoms with van der Waals surface area (Å²) in [6.45, 7) is 0. The summed E-state index contributed by atoms with van der Waals surface area (Å²) in [6.07, 6.45) is 1.03. The molecule has 0 saturated carbocycles. The number of para-hydroxylation sites is 1. The van der Waals surface area contributed by atoms with Gasteiger partial charge in [-0.2, -0.15) is 0 Å². The van der Waals surface area contributed by atoms with Crippen LogP contribution in [-0.2, 0) is 9.84 Å². The Morgan fingerprint density at radius 2 is 1.86 bits per heavy atom. The second-order valence-electron chi connectivity index (χ2n) is 4.35. The van der Waals surface area contributed by atoms with Gasteiger partial charge in [0.1, 0.15) is 5.82 Å². The third kappa shape index (κ3) is 3.59. The van der Waals surface area contributed by atoms with E-state index in [-0.39, 0.29) is 21.2 Å². The van der Waals surface area contributed by atoms with Crippen molar-refractivity contribution in [3.63, 3.8) is 0 Å². The van der Waals surface area contributed by atoms with Crippen molar-refractivity contribution < 1.29 is 17.6 Å². The number of anilines is 1. The van der Waals surface area contributed by atoms with Crippen LogP contribution in [0.3, 0.4) is 0 Å². The lowest BCUT2D eigenvalue weighted by Gasteiger charge is -2.10. The Bertz CT molecular complexity index is 806. The molecule has 7 heteroatoms. The maximum absolute atomic E-state index is 13.6. The molecule has 0 aliphatic carbocycles. The highest BCUT2D eigenvalue weighted by Crippen LogP contribution is 2.22.